The fourth-order valence-electron chi connectivity index (χ4n) is 6.15. The van der Waals surface area contributed by atoms with E-state index in [2.05, 4.69) is 36.1 Å². The molecule has 5 aromatic rings. The van der Waals surface area contributed by atoms with Crippen molar-refractivity contribution < 1.29 is 22.8 Å². The van der Waals surface area contributed by atoms with Gasteiger partial charge in [0.2, 0.25) is 0 Å². The normalized spacial score (nSPS) is 15.5. The Morgan fingerprint density at radius 2 is 1.96 bits per heavy atom. The maximum absolute atomic E-state index is 13.8. The molecule has 0 bridgehead atoms. The van der Waals surface area contributed by atoms with Crippen LogP contribution in [0.15, 0.2) is 65.2 Å². The summed E-state index contributed by atoms with van der Waals surface area (Å²) >= 11 is 0.809. The Bertz CT molecular complexity index is 2070. The third-order valence-corrected chi connectivity index (χ3v) is 9.42. The van der Waals surface area contributed by atoms with Crippen LogP contribution in [0.3, 0.4) is 0 Å². The summed E-state index contributed by atoms with van der Waals surface area (Å²) in [5.74, 6) is -0.245. The van der Waals surface area contributed by atoms with E-state index in [9.17, 15) is 27.6 Å². The van der Waals surface area contributed by atoms with Crippen LogP contribution in [0.5, 0.6) is 0 Å². The van der Waals surface area contributed by atoms with Gasteiger partial charge < -0.3 is 14.5 Å². The fraction of sp³-hybridized carbons (Fsp3) is 0.324. The van der Waals surface area contributed by atoms with Crippen molar-refractivity contribution in [2.75, 3.05) is 25.0 Å². The molecule has 1 aromatic carbocycles. The van der Waals surface area contributed by atoms with Gasteiger partial charge >= 0.3 is 12.2 Å². The number of amides is 2. The van der Waals surface area contributed by atoms with Crippen LogP contribution in [0, 0.1) is 0 Å². The van der Waals surface area contributed by atoms with Gasteiger partial charge in [0.25, 0.3) is 0 Å². The molecule has 6 rings (SSSR count). The molecule has 250 valence electrons. The van der Waals surface area contributed by atoms with Gasteiger partial charge in [0.05, 0.1) is 11.1 Å². The summed E-state index contributed by atoms with van der Waals surface area (Å²) in [6.07, 6.45) is 2.27. The Hall–Kier alpha value is -4.82. The molecule has 2 N–H and O–H groups in total. The van der Waals surface area contributed by atoms with Crippen molar-refractivity contribution >= 4 is 39.9 Å². The second-order valence-electron chi connectivity index (χ2n) is 11.8. The van der Waals surface area contributed by atoms with Crippen LogP contribution in [-0.2, 0) is 19.8 Å². The van der Waals surface area contributed by atoms with Crippen LogP contribution in [0.1, 0.15) is 54.5 Å². The molecule has 1 fully saturated rings. The smallest absolute Gasteiger partial charge is 0.353 e. The summed E-state index contributed by atoms with van der Waals surface area (Å²) in [5, 5.41) is 6.49. The quantitative estimate of drug-likeness (QED) is 0.176. The molecule has 0 unspecified atom stereocenters. The lowest BCUT2D eigenvalue weighted by Gasteiger charge is -2.35. The minimum absolute atomic E-state index is 0.000899. The number of piperidine rings is 1. The lowest BCUT2D eigenvalue weighted by Crippen LogP contribution is -2.37. The van der Waals surface area contributed by atoms with Gasteiger partial charge in [-0.05, 0) is 69.1 Å². The van der Waals surface area contributed by atoms with Gasteiger partial charge in [0.15, 0.2) is 16.9 Å². The summed E-state index contributed by atoms with van der Waals surface area (Å²) in [6.45, 7) is 5.90. The molecule has 1 saturated heterocycles. The molecule has 2 amide bonds. The maximum atomic E-state index is 13.8. The minimum atomic E-state index is -4.64. The van der Waals surface area contributed by atoms with Crippen LogP contribution in [0.2, 0.25) is 0 Å². The SMILES string of the molecule is CCNC(=O)Nc1cc(-c2nc(C(F)(F)F)cs2)c(-c2ccc3c(c2)c(=O)c(C(C)=O)cn3[C@@H]2CCCN(Cc3cccn3C)C2)cn1. The number of carbonyl (C=O) groups is 2. The molecule has 0 spiro atoms. The molecular weight excluding hydrogens is 643 g/mol. The number of nitrogens with zero attached hydrogens (tertiary/aromatic N) is 5. The van der Waals surface area contributed by atoms with E-state index < -0.39 is 23.3 Å². The third-order valence-electron chi connectivity index (χ3n) is 8.54. The van der Waals surface area contributed by atoms with Crippen molar-refractivity contribution in [1.29, 1.82) is 0 Å². The Kier molecular flexibility index (Phi) is 9.21. The first kappa shape index (κ1) is 33.1. The number of aromatic nitrogens is 4. The number of alkyl halides is 3. The molecule has 10 nitrogen and oxygen atoms in total. The number of ketones is 1. The molecular formula is C34H34F3N7O3S. The number of halogens is 3. The number of fused-ring (bicyclic) bond motifs is 1. The number of thiazole rings is 1. The van der Waals surface area contributed by atoms with E-state index in [-0.39, 0.29) is 28.2 Å². The summed E-state index contributed by atoms with van der Waals surface area (Å²) < 4.78 is 44.7. The summed E-state index contributed by atoms with van der Waals surface area (Å²) in [4.78, 5) is 49.2. The number of carbonyl (C=O) groups excluding carboxylic acids is 2. The number of Topliss-reactive ketones (excluding diaryl/α,β-unsaturated/α-hetero) is 1. The molecule has 0 aliphatic carbocycles. The average Bonchev–Trinajstić information content (AvgIpc) is 3.71. The zero-order valence-electron chi connectivity index (χ0n) is 26.6. The highest BCUT2D eigenvalue weighted by atomic mass is 32.1. The molecule has 0 saturated carbocycles. The summed E-state index contributed by atoms with van der Waals surface area (Å²) in [7, 11) is 2.01. The van der Waals surface area contributed by atoms with Crippen molar-refractivity contribution in [1.82, 2.24) is 29.3 Å². The number of hydrogen-bond acceptors (Lipinski definition) is 7. The topological polar surface area (TPSA) is 114 Å². The monoisotopic (exact) mass is 677 g/mol. The number of rotatable bonds is 8. The number of urea groups is 1. The molecule has 1 atom stereocenters. The van der Waals surface area contributed by atoms with Crippen LogP contribution in [-0.4, -0.2) is 55.5 Å². The standard InChI is InChI=1S/C34H34F3N7O3S/c1-4-38-33(47)41-30-14-24(32-40-29(19-48-32)34(35,36)37)26(15-39-30)21-9-10-28-25(13-21)31(46)27(20(2)45)18-44(28)23-8-6-12-43(17-23)16-22-7-5-11-42(22)3/h5,7,9-11,13-15,18-19,23H,4,6,8,12,16-17H2,1-3H3,(H2,38,39,41,47)/t23-/m1/s1. The highest BCUT2D eigenvalue weighted by Crippen LogP contribution is 2.39. The van der Waals surface area contributed by atoms with Gasteiger partial charge in [-0.2, -0.15) is 13.2 Å². The van der Waals surface area contributed by atoms with Gasteiger partial charge in [-0.3, -0.25) is 19.8 Å². The zero-order chi connectivity index (χ0) is 34.2. The average molecular weight is 678 g/mol. The van der Waals surface area contributed by atoms with E-state index in [1.807, 2.05) is 23.9 Å². The van der Waals surface area contributed by atoms with Crippen molar-refractivity contribution in [2.24, 2.45) is 7.05 Å². The highest BCUT2D eigenvalue weighted by molar-refractivity contribution is 7.13. The molecule has 5 heterocycles. The van der Waals surface area contributed by atoms with E-state index in [0.717, 1.165) is 49.2 Å². The Morgan fingerprint density at radius 1 is 1.15 bits per heavy atom. The van der Waals surface area contributed by atoms with Crippen LogP contribution in [0.25, 0.3) is 32.6 Å². The number of nitrogens with one attached hydrogen (secondary N) is 2. The Labute approximate surface area is 278 Å². The third kappa shape index (κ3) is 6.76. The second-order valence-corrected chi connectivity index (χ2v) is 12.7. The van der Waals surface area contributed by atoms with E-state index in [4.69, 9.17) is 0 Å². The number of hydrogen-bond donors (Lipinski definition) is 2. The van der Waals surface area contributed by atoms with Crippen LogP contribution in [0.4, 0.5) is 23.8 Å². The predicted molar refractivity (Wildman–Crippen MR) is 179 cm³/mol. The fourth-order valence-corrected chi connectivity index (χ4v) is 7.00. The predicted octanol–water partition coefficient (Wildman–Crippen LogP) is 6.73. The van der Waals surface area contributed by atoms with E-state index in [0.29, 0.717) is 34.1 Å². The number of aryl methyl sites for hydroxylation is 1. The van der Waals surface area contributed by atoms with E-state index >= 15 is 0 Å². The second kappa shape index (κ2) is 13.4. The molecule has 0 radical (unpaired) electrons. The lowest BCUT2D eigenvalue weighted by atomic mass is 9.97. The van der Waals surface area contributed by atoms with Crippen molar-refractivity contribution in [3.63, 3.8) is 0 Å². The van der Waals surface area contributed by atoms with E-state index in [1.165, 1.54) is 24.9 Å². The lowest BCUT2D eigenvalue weighted by molar-refractivity contribution is -0.140. The van der Waals surface area contributed by atoms with Crippen molar-refractivity contribution in [3.05, 3.63) is 87.5 Å². The van der Waals surface area contributed by atoms with Gasteiger partial charge in [-0.1, -0.05) is 6.07 Å². The van der Waals surface area contributed by atoms with Crippen molar-refractivity contribution in [2.45, 2.75) is 45.5 Å². The number of likely N-dealkylation sites (tertiary alicyclic amines) is 1. The number of pyridine rings is 2. The number of anilines is 1. The first-order valence-corrected chi connectivity index (χ1v) is 16.4. The van der Waals surface area contributed by atoms with Gasteiger partial charge in [-0.25, -0.2) is 14.8 Å². The highest BCUT2D eigenvalue weighted by Gasteiger charge is 2.34. The van der Waals surface area contributed by atoms with Gasteiger partial charge in [-0.15, -0.1) is 11.3 Å². The maximum Gasteiger partial charge on any atom is 0.434 e. The van der Waals surface area contributed by atoms with Crippen LogP contribution < -0.4 is 16.1 Å². The van der Waals surface area contributed by atoms with Crippen LogP contribution >= 0.6 is 11.3 Å². The summed E-state index contributed by atoms with van der Waals surface area (Å²) in [6, 6.07) is 10.3. The summed E-state index contributed by atoms with van der Waals surface area (Å²) in [5.41, 5.74) is 1.64. The first-order chi connectivity index (χ1) is 22.9. The molecule has 48 heavy (non-hydrogen) atoms. The Balaban J connectivity index is 1.44. The number of benzene rings is 1. The molecule has 1 aliphatic heterocycles. The van der Waals surface area contributed by atoms with Crippen molar-refractivity contribution in [3.8, 4) is 21.7 Å². The zero-order valence-corrected chi connectivity index (χ0v) is 27.4. The van der Waals surface area contributed by atoms with Gasteiger partial charge in [0.1, 0.15) is 10.8 Å². The molecule has 14 heteroatoms. The first-order valence-electron chi connectivity index (χ1n) is 15.5. The molecule has 4 aromatic heterocycles. The Morgan fingerprint density at radius 3 is 2.65 bits per heavy atom. The van der Waals surface area contributed by atoms with E-state index in [1.54, 1.807) is 31.3 Å². The molecule has 1 aliphatic rings. The largest absolute Gasteiger partial charge is 0.434 e. The minimum Gasteiger partial charge on any atom is -0.353 e. The van der Waals surface area contributed by atoms with Gasteiger partial charge in [0, 0.05) is 78.9 Å².